The number of nitrogens with zero attached hydrogens (tertiary/aromatic N) is 2. The van der Waals surface area contributed by atoms with Crippen LogP contribution >= 0.6 is 27.5 Å². The Morgan fingerprint density at radius 1 is 1.12 bits per heavy atom. The van der Waals surface area contributed by atoms with Crippen molar-refractivity contribution in [2.24, 2.45) is 11.1 Å². The fourth-order valence-corrected chi connectivity index (χ4v) is 3.55. The number of amides is 2. The molecule has 0 aliphatic carbocycles. The van der Waals surface area contributed by atoms with Gasteiger partial charge in [0.15, 0.2) is 0 Å². The van der Waals surface area contributed by atoms with Crippen LogP contribution < -0.4 is 4.90 Å². The molecule has 0 aromatic heterocycles. The summed E-state index contributed by atoms with van der Waals surface area (Å²) in [5.41, 5.74) is 2.38. The summed E-state index contributed by atoms with van der Waals surface area (Å²) < 4.78 is 0.914. The molecule has 2 aromatic carbocycles. The lowest BCUT2D eigenvalue weighted by molar-refractivity contribution is -0.126. The Bertz CT molecular complexity index is 926. The van der Waals surface area contributed by atoms with Gasteiger partial charge in [-0.25, -0.2) is 4.90 Å². The van der Waals surface area contributed by atoms with Gasteiger partial charge in [-0.3, -0.25) is 9.59 Å². The molecule has 2 amide bonds. The molecule has 0 unspecified atom stereocenters. The van der Waals surface area contributed by atoms with Crippen LogP contribution in [0.3, 0.4) is 0 Å². The topological polar surface area (TPSA) is 59.0 Å². The number of rotatable bonds is 2. The first-order valence-corrected chi connectivity index (χ1v) is 8.78. The van der Waals surface area contributed by atoms with Gasteiger partial charge in [-0.2, -0.15) is 0 Å². The molecule has 0 saturated carbocycles. The van der Waals surface area contributed by atoms with Crippen LogP contribution in [0.25, 0.3) is 0 Å². The van der Waals surface area contributed by atoms with Gasteiger partial charge in [0.2, 0.25) is 12.0 Å². The number of carbonyl (C=O) groups excluding carboxylic acids is 2. The standard InChI is InChI=1S/C18H12BrClN2O3/c1-9-12(20)3-2-4-13(9)22-17(23)14-15(21-25-16(14)18(22)24)10-5-7-11(19)8-6-10/h2-8,14,16H,1H3/t14-,16-/m0/s1. The molecule has 0 N–H and O–H groups in total. The molecular weight excluding hydrogens is 408 g/mol. The molecule has 1 saturated heterocycles. The lowest BCUT2D eigenvalue weighted by Gasteiger charge is -2.18. The second-order valence-electron chi connectivity index (χ2n) is 5.88. The van der Waals surface area contributed by atoms with Crippen LogP contribution in [0.4, 0.5) is 5.69 Å². The monoisotopic (exact) mass is 418 g/mol. The summed E-state index contributed by atoms with van der Waals surface area (Å²) in [6, 6.07) is 12.5. The Morgan fingerprint density at radius 3 is 2.56 bits per heavy atom. The fourth-order valence-electron chi connectivity index (χ4n) is 3.11. The highest BCUT2D eigenvalue weighted by Crippen LogP contribution is 2.37. The molecule has 5 nitrogen and oxygen atoms in total. The molecule has 0 spiro atoms. The van der Waals surface area contributed by atoms with Crippen molar-refractivity contribution in [2.75, 3.05) is 4.90 Å². The second-order valence-corrected chi connectivity index (χ2v) is 7.21. The zero-order chi connectivity index (χ0) is 17.7. The highest BCUT2D eigenvalue weighted by molar-refractivity contribution is 9.10. The lowest BCUT2D eigenvalue weighted by Crippen LogP contribution is -2.33. The van der Waals surface area contributed by atoms with Crippen molar-refractivity contribution in [3.63, 3.8) is 0 Å². The number of imide groups is 1. The number of carbonyl (C=O) groups is 2. The van der Waals surface area contributed by atoms with Crippen molar-refractivity contribution in [1.82, 2.24) is 0 Å². The van der Waals surface area contributed by atoms with E-state index < -0.39 is 17.9 Å². The molecule has 2 aromatic rings. The third-order valence-corrected chi connectivity index (χ3v) is 5.37. The highest BCUT2D eigenvalue weighted by atomic mass is 79.9. The summed E-state index contributed by atoms with van der Waals surface area (Å²) in [5, 5.41) is 4.49. The van der Waals surface area contributed by atoms with Gasteiger partial charge in [0.05, 0.1) is 5.69 Å². The van der Waals surface area contributed by atoms with Crippen LogP contribution in [-0.4, -0.2) is 23.6 Å². The summed E-state index contributed by atoms with van der Waals surface area (Å²) >= 11 is 9.51. The quantitative estimate of drug-likeness (QED) is 0.697. The minimum Gasteiger partial charge on any atom is -0.381 e. The van der Waals surface area contributed by atoms with Crippen LogP contribution in [-0.2, 0) is 14.4 Å². The normalized spacial score (nSPS) is 22.0. The predicted molar refractivity (Wildman–Crippen MR) is 97.7 cm³/mol. The molecule has 2 heterocycles. The largest absolute Gasteiger partial charge is 0.381 e. The van der Waals surface area contributed by atoms with Gasteiger partial charge < -0.3 is 4.84 Å². The van der Waals surface area contributed by atoms with Crippen molar-refractivity contribution in [2.45, 2.75) is 13.0 Å². The number of oxime groups is 1. The molecule has 4 rings (SSSR count). The van der Waals surface area contributed by atoms with Crippen LogP contribution in [0.1, 0.15) is 11.1 Å². The first-order chi connectivity index (χ1) is 12.0. The van der Waals surface area contributed by atoms with Gasteiger partial charge in [0, 0.05) is 15.1 Å². The smallest absolute Gasteiger partial charge is 0.278 e. The Labute approximate surface area is 157 Å². The molecule has 126 valence electrons. The van der Waals surface area contributed by atoms with E-state index in [1.165, 1.54) is 0 Å². The van der Waals surface area contributed by atoms with E-state index in [1.807, 2.05) is 24.3 Å². The molecule has 25 heavy (non-hydrogen) atoms. The Kier molecular flexibility index (Phi) is 3.89. The van der Waals surface area contributed by atoms with E-state index in [1.54, 1.807) is 25.1 Å². The van der Waals surface area contributed by atoms with Gasteiger partial charge in [0.25, 0.3) is 5.91 Å². The average molecular weight is 420 g/mol. The molecule has 2 atom stereocenters. The third kappa shape index (κ3) is 2.48. The van der Waals surface area contributed by atoms with E-state index in [0.29, 0.717) is 22.0 Å². The van der Waals surface area contributed by atoms with Crippen molar-refractivity contribution in [3.05, 3.63) is 63.1 Å². The number of anilines is 1. The zero-order valence-corrected chi connectivity index (χ0v) is 15.4. The number of halogens is 2. The average Bonchev–Trinajstić information content (AvgIpc) is 3.13. The maximum atomic E-state index is 13.0. The summed E-state index contributed by atoms with van der Waals surface area (Å²) in [7, 11) is 0. The summed E-state index contributed by atoms with van der Waals surface area (Å²) in [5.74, 6) is -1.51. The van der Waals surface area contributed by atoms with E-state index >= 15 is 0 Å². The van der Waals surface area contributed by atoms with Crippen LogP contribution in [0.15, 0.2) is 52.1 Å². The Balaban J connectivity index is 1.73. The predicted octanol–water partition coefficient (Wildman–Crippen LogP) is 3.70. The highest BCUT2D eigenvalue weighted by Gasteiger charge is 2.56. The number of fused-ring (bicyclic) bond motifs is 1. The van der Waals surface area contributed by atoms with Crippen LogP contribution in [0, 0.1) is 12.8 Å². The fraction of sp³-hybridized carbons (Fsp3) is 0.167. The molecule has 2 aliphatic heterocycles. The zero-order valence-electron chi connectivity index (χ0n) is 13.1. The first kappa shape index (κ1) is 16.3. The van der Waals surface area contributed by atoms with Gasteiger partial charge in [-0.05, 0) is 36.8 Å². The summed E-state index contributed by atoms with van der Waals surface area (Å²) in [4.78, 5) is 32.2. The van der Waals surface area contributed by atoms with Crippen molar-refractivity contribution < 1.29 is 14.4 Å². The first-order valence-electron chi connectivity index (χ1n) is 7.61. The lowest BCUT2D eigenvalue weighted by atomic mass is 9.94. The maximum absolute atomic E-state index is 13.0. The molecule has 1 fully saturated rings. The summed E-state index contributed by atoms with van der Waals surface area (Å²) in [6.45, 7) is 1.77. The number of hydrogen-bond donors (Lipinski definition) is 0. The Morgan fingerprint density at radius 2 is 1.84 bits per heavy atom. The summed E-state index contributed by atoms with van der Waals surface area (Å²) in [6.07, 6.45) is -0.926. The maximum Gasteiger partial charge on any atom is 0.278 e. The van der Waals surface area contributed by atoms with E-state index in [-0.39, 0.29) is 5.91 Å². The van der Waals surface area contributed by atoms with Gasteiger partial charge >= 0.3 is 0 Å². The van der Waals surface area contributed by atoms with Crippen LogP contribution in [0.5, 0.6) is 0 Å². The molecule has 0 bridgehead atoms. The SMILES string of the molecule is Cc1c(Cl)cccc1N1C(=O)[C@H]2C(c3ccc(Br)cc3)=NO[C@@H]2C1=O. The number of benzene rings is 2. The molecule has 0 radical (unpaired) electrons. The van der Waals surface area contributed by atoms with Gasteiger partial charge in [0.1, 0.15) is 11.6 Å². The minimum absolute atomic E-state index is 0.348. The van der Waals surface area contributed by atoms with Gasteiger partial charge in [-0.15, -0.1) is 0 Å². The minimum atomic E-state index is -0.926. The van der Waals surface area contributed by atoms with Gasteiger partial charge in [-0.1, -0.05) is 50.9 Å². The second kappa shape index (κ2) is 5.97. The van der Waals surface area contributed by atoms with E-state index in [9.17, 15) is 9.59 Å². The van der Waals surface area contributed by atoms with Crippen molar-refractivity contribution in [1.29, 1.82) is 0 Å². The molecule has 2 aliphatic rings. The van der Waals surface area contributed by atoms with Crippen molar-refractivity contribution in [3.8, 4) is 0 Å². The Hall–Kier alpha value is -2.18. The number of hydrogen-bond acceptors (Lipinski definition) is 4. The third-order valence-electron chi connectivity index (χ3n) is 4.43. The van der Waals surface area contributed by atoms with E-state index in [2.05, 4.69) is 21.1 Å². The van der Waals surface area contributed by atoms with E-state index in [4.69, 9.17) is 16.4 Å². The molecule has 7 heteroatoms. The van der Waals surface area contributed by atoms with Crippen LogP contribution in [0.2, 0.25) is 5.02 Å². The molecular formula is C18H12BrClN2O3. The van der Waals surface area contributed by atoms with E-state index in [0.717, 1.165) is 14.9 Å². The van der Waals surface area contributed by atoms with Crippen molar-refractivity contribution >= 4 is 50.7 Å².